The van der Waals surface area contributed by atoms with Crippen LogP contribution in [0.3, 0.4) is 0 Å². The summed E-state index contributed by atoms with van der Waals surface area (Å²) in [6.45, 7) is 0.358. The largest absolute Gasteiger partial charge is 0.462 e. The predicted octanol–water partition coefficient (Wildman–Crippen LogP) is 3.33. The number of hydrogen-bond donors (Lipinski definition) is 1. The van der Waals surface area contributed by atoms with Crippen LogP contribution in [0.1, 0.15) is 28.9 Å². The fourth-order valence-electron chi connectivity index (χ4n) is 1.70. The average Bonchev–Trinajstić information content (AvgIpc) is 2.81. The Kier molecular flexibility index (Phi) is 4.37. The molecule has 2 N–H and O–H groups in total. The zero-order valence-corrected chi connectivity index (χ0v) is 11.2. The van der Waals surface area contributed by atoms with Gasteiger partial charge >= 0.3 is 5.97 Å². The first-order chi connectivity index (χ1) is 9.20. The lowest BCUT2D eigenvalue weighted by atomic mass is 10.2. The van der Waals surface area contributed by atoms with Gasteiger partial charge in [-0.3, -0.25) is 0 Å². The number of carbonyl (C=O) groups is 1. The fraction of sp³-hybridized carbons (Fsp3) is 0.286. The molecule has 0 radical (unpaired) electrons. The summed E-state index contributed by atoms with van der Waals surface area (Å²) in [5.41, 5.74) is 6.38. The molecule has 2 aromatic rings. The zero-order valence-electron chi connectivity index (χ0n) is 10.4. The van der Waals surface area contributed by atoms with Gasteiger partial charge in [0.15, 0.2) is 0 Å². The molecule has 0 unspecified atom stereocenters. The third-order valence-corrected chi connectivity index (χ3v) is 3.75. The van der Waals surface area contributed by atoms with Gasteiger partial charge < -0.3 is 10.5 Å². The van der Waals surface area contributed by atoms with Crippen molar-refractivity contribution < 1.29 is 9.53 Å². The third kappa shape index (κ3) is 3.46. The minimum atomic E-state index is -0.309. The Morgan fingerprint density at radius 2 is 2.21 bits per heavy atom. The minimum absolute atomic E-state index is 0.309. The molecule has 1 heterocycles. The van der Waals surface area contributed by atoms with Crippen LogP contribution in [0.4, 0.5) is 5.69 Å². The number of nitrogen functional groups attached to an aromatic ring is 1. The van der Waals surface area contributed by atoms with E-state index < -0.39 is 0 Å². The van der Waals surface area contributed by atoms with Crippen LogP contribution < -0.4 is 5.73 Å². The Labute approximate surface area is 115 Å². The molecule has 0 fully saturated rings. The minimum Gasteiger partial charge on any atom is -0.462 e. The van der Waals surface area contributed by atoms with Gasteiger partial charge in [-0.1, -0.05) is 0 Å². The number of benzene rings is 1. The number of hydrogen-bond acceptors (Lipinski definition) is 5. The lowest BCUT2D eigenvalue weighted by Gasteiger charge is -2.01. The quantitative estimate of drug-likeness (QED) is 0.515. The van der Waals surface area contributed by atoms with Crippen molar-refractivity contribution in [2.24, 2.45) is 0 Å². The molecule has 0 saturated heterocycles. The molecule has 0 atom stereocenters. The summed E-state index contributed by atoms with van der Waals surface area (Å²) in [6, 6.07) is 9.42. The number of rotatable bonds is 5. The SMILES string of the molecule is N#CCCCCOC(=O)c1cc2cc(N)ccc2s1. The number of unbranched alkanes of at least 4 members (excludes halogenated alkanes) is 2. The van der Waals surface area contributed by atoms with Crippen molar-refractivity contribution in [1.29, 1.82) is 5.26 Å². The molecule has 0 aliphatic heterocycles. The molecule has 98 valence electrons. The van der Waals surface area contributed by atoms with Crippen LogP contribution >= 0.6 is 11.3 Å². The molecule has 0 amide bonds. The van der Waals surface area contributed by atoms with E-state index in [0.29, 0.717) is 23.6 Å². The van der Waals surface area contributed by atoms with Gasteiger partial charge in [-0.05, 0) is 42.5 Å². The van der Waals surface area contributed by atoms with Gasteiger partial charge in [0.25, 0.3) is 0 Å². The summed E-state index contributed by atoms with van der Waals surface area (Å²) in [5, 5.41) is 9.35. The van der Waals surface area contributed by atoms with Crippen LogP contribution in [-0.2, 0) is 4.74 Å². The molecule has 2 rings (SSSR count). The lowest BCUT2D eigenvalue weighted by Crippen LogP contribution is -2.04. The molecular formula is C14H14N2O2S. The number of anilines is 1. The Bertz CT molecular complexity index is 628. The number of ether oxygens (including phenoxy) is 1. The number of nitrogens with zero attached hydrogens (tertiary/aromatic N) is 1. The van der Waals surface area contributed by atoms with Gasteiger partial charge in [0, 0.05) is 16.8 Å². The number of fused-ring (bicyclic) bond motifs is 1. The Balaban J connectivity index is 1.96. The van der Waals surface area contributed by atoms with E-state index in [1.165, 1.54) is 11.3 Å². The van der Waals surface area contributed by atoms with Crippen LogP contribution in [0.2, 0.25) is 0 Å². The number of thiophene rings is 1. The highest BCUT2D eigenvalue weighted by atomic mass is 32.1. The normalized spacial score (nSPS) is 10.3. The van der Waals surface area contributed by atoms with Crippen LogP contribution in [0.25, 0.3) is 10.1 Å². The Morgan fingerprint density at radius 1 is 1.37 bits per heavy atom. The summed E-state index contributed by atoms with van der Waals surface area (Å²) in [7, 11) is 0. The summed E-state index contributed by atoms with van der Waals surface area (Å²) in [5.74, 6) is -0.309. The zero-order chi connectivity index (χ0) is 13.7. The van der Waals surface area contributed by atoms with Gasteiger partial charge in [-0.2, -0.15) is 5.26 Å². The second kappa shape index (κ2) is 6.21. The van der Waals surface area contributed by atoms with E-state index in [0.717, 1.165) is 22.9 Å². The second-order valence-corrected chi connectivity index (χ2v) is 5.24. The second-order valence-electron chi connectivity index (χ2n) is 4.16. The van der Waals surface area contributed by atoms with E-state index in [1.54, 1.807) is 6.07 Å². The molecule has 0 bridgehead atoms. The summed E-state index contributed by atoms with van der Waals surface area (Å²) >= 11 is 1.40. The van der Waals surface area contributed by atoms with Crippen molar-refractivity contribution in [2.75, 3.05) is 12.3 Å². The van der Waals surface area contributed by atoms with Gasteiger partial charge in [0.1, 0.15) is 4.88 Å². The number of nitrogens with two attached hydrogens (primary N) is 1. The average molecular weight is 274 g/mol. The van der Waals surface area contributed by atoms with Gasteiger partial charge in [-0.25, -0.2) is 4.79 Å². The highest BCUT2D eigenvalue weighted by Gasteiger charge is 2.11. The van der Waals surface area contributed by atoms with E-state index in [-0.39, 0.29) is 5.97 Å². The highest BCUT2D eigenvalue weighted by Crippen LogP contribution is 2.27. The van der Waals surface area contributed by atoms with Crippen LogP contribution in [0.5, 0.6) is 0 Å². The maximum absolute atomic E-state index is 11.8. The monoisotopic (exact) mass is 274 g/mol. The van der Waals surface area contributed by atoms with E-state index >= 15 is 0 Å². The van der Waals surface area contributed by atoms with Crippen molar-refractivity contribution in [3.05, 3.63) is 29.1 Å². The van der Waals surface area contributed by atoms with Gasteiger partial charge in [0.2, 0.25) is 0 Å². The third-order valence-electron chi connectivity index (χ3n) is 2.66. The fourth-order valence-corrected chi connectivity index (χ4v) is 2.64. The maximum atomic E-state index is 11.8. The predicted molar refractivity (Wildman–Crippen MR) is 76.0 cm³/mol. The smallest absolute Gasteiger partial charge is 0.348 e. The van der Waals surface area contributed by atoms with E-state index in [4.69, 9.17) is 15.7 Å². The molecule has 0 aliphatic rings. The highest BCUT2D eigenvalue weighted by molar-refractivity contribution is 7.20. The van der Waals surface area contributed by atoms with Crippen LogP contribution in [-0.4, -0.2) is 12.6 Å². The number of nitriles is 1. The van der Waals surface area contributed by atoms with E-state index in [2.05, 4.69) is 6.07 Å². The molecule has 1 aromatic carbocycles. The van der Waals surface area contributed by atoms with E-state index in [1.807, 2.05) is 18.2 Å². The number of carbonyl (C=O) groups excluding carboxylic acids is 1. The first-order valence-electron chi connectivity index (χ1n) is 6.04. The van der Waals surface area contributed by atoms with Gasteiger partial charge in [-0.15, -0.1) is 11.3 Å². The van der Waals surface area contributed by atoms with Gasteiger partial charge in [0.05, 0.1) is 12.7 Å². The Hall–Kier alpha value is -2.06. The first-order valence-corrected chi connectivity index (χ1v) is 6.85. The molecule has 0 saturated carbocycles. The molecule has 5 heteroatoms. The molecule has 4 nitrogen and oxygen atoms in total. The topological polar surface area (TPSA) is 76.1 Å². The first kappa shape index (κ1) is 13.4. The van der Waals surface area contributed by atoms with Crippen molar-refractivity contribution in [1.82, 2.24) is 0 Å². The molecule has 0 aliphatic carbocycles. The van der Waals surface area contributed by atoms with Crippen LogP contribution in [0, 0.1) is 11.3 Å². The number of esters is 1. The molecule has 1 aromatic heterocycles. The maximum Gasteiger partial charge on any atom is 0.348 e. The standard InChI is InChI=1S/C14H14N2O2S/c15-6-2-1-3-7-18-14(17)13-9-10-8-11(16)4-5-12(10)19-13/h4-5,8-9H,1-3,7,16H2. The Morgan fingerprint density at radius 3 is 3.00 bits per heavy atom. The molecule has 19 heavy (non-hydrogen) atoms. The summed E-state index contributed by atoms with van der Waals surface area (Å²) in [6.07, 6.45) is 1.98. The van der Waals surface area contributed by atoms with E-state index in [9.17, 15) is 4.79 Å². The van der Waals surface area contributed by atoms with Crippen molar-refractivity contribution in [3.8, 4) is 6.07 Å². The summed E-state index contributed by atoms with van der Waals surface area (Å²) < 4.78 is 6.18. The van der Waals surface area contributed by atoms with Crippen molar-refractivity contribution in [3.63, 3.8) is 0 Å². The molecular weight excluding hydrogens is 260 g/mol. The van der Waals surface area contributed by atoms with Crippen LogP contribution in [0.15, 0.2) is 24.3 Å². The lowest BCUT2D eigenvalue weighted by molar-refractivity contribution is 0.0504. The van der Waals surface area contributed by atoms with Crippen molar-refractivity contribution >= 4 is 33.1 Å². The summed E-state index contributed by atoms with van der Waals surface area (Å²) in [4.78, 5) is 12.4. The molecule has 0 spiro atoms. The van der Waals surface area contributed by atoms with Crippen molar-refractivity contribution in [2.45, 2.75) is 19.3 Å².